The van der Waals surface area contributed by atoms with Gasteiger partial charge in [0, 0.05) is 5.56 Å². The summed E-state index contributed by atoms with van der Waals surface area (Å²) in [6, 6.07) is 15.1. The molecule has 3 heteroatoms. The van der Waals surface area contributed by atoms with Crippen LogP contribution < -0.4 is 4.74 Å². The Hall–Kier alpha value is -2.42. The topological polar surface area (TPSA) is 38.7 Å². The van der Waals surface area contributed by atoms with Crippen molar-refractivity contribution >= 4 is 17.2 Å². The van der Waals surface area contributed by atoms with Crippen molar-refractivity contribution in [2.45, 2.75) is 6.42 Å². The monoisotopic (exact) mass is 251 g/mol. The van der Waals surface area contributed by atoms with Gasteiger partial charge in [-0.2, -0.15) is 0 Å². The van der Waals surface area contributed by atoms with Crippen molar-refractivity contribution in [3.05, 3.63) is 59.7 Å². The first-order valence-corrected chi connectivity index (χ1v) is 6.12. The van der Waals surface area contributed by atoms with E-state index in [1.165, 1.54) is 0 Å². The maximum Gasteiger partial charge on any atom is 0.171 e. The number of aliphatic imine (C=N–C) groups is 1. The van der Waals surface area contributed by atoms with Crippen molar-refractivity contribution in [1.82, 2.24) is 0 Å². The number of ether oxygens (including phenoxy) is 1. The highest BCUT2D eigenvalue weighted by atomic mass is 16.5. The minimum atomic E-state index is 0.122. The molecule has 2 aromatic rings. The van der Waals surface area contributed by atoms with Crippen LogP contribution in [0.1, 0.15) is 22.3 Å². The average Bonchev–Trinajstić information content (AvgIpc) is 2.47. The number of fused-ring (bicyclic) bond motifs is 1. The molecule has 94 valence electrons. The van der Waals surface area contributed by atoms with Gasteiger partial charge in [-0.1, -0.05) is 12.1 Å². The van der Waals surface area contributed by atoms with Crippen LogP contribution in [-0.4, -0.2) is 18.6 Å². The van der Waals surface area contributed by atoms with E-state index in [0.717, 1.165) is 22.7 Å². The lowest BCUT2D eigenvalue weighted by atomic mass is 9.96. The Morgan fingerprint density at radius 3 is 2.53 bits per heavy atom. The van der Waals surface area contributed by atoms with Crippen molar-refractivity contribution in [1.29, 1.82) is 0 Å². The molecule has 1 aliphatic heterocycles. The van der Waals surface area contributed by atoms with Crippen LogP contribution >= 0.6 is 0 Å². The van der Waals surface area contributed by atoms with E-state index in [1.54, 1.807) is 7.11 Å². The predicted molar refractivity (Wildman–Crippen MR) is 74.6 cm³/mol. The Labute approximate surface area is 111 Å². The number of hydrogen-bond acceptors (Lipinski definition) is 3. The molecule has 2 aromatic carbocycles. The van der Waals surface area contributed by atoms with Gasteiger partial charge in [-0.05, 0) is 42.0 Å². The highest BCUT2D eigenvalue weighted by Gasteiger charge is 2.20. The summed E-state index contributed by atoms with van der Waals surface area (Å²) in [6.45, 7) is 0. The van der Waals surface area contributed by atoms with Crippen molar-refractivity contribution < 1.29 is 9.53 Å². The second-order valence-corrected chi connectivity index (χ2v) is 4.40. The van der Waals surface area contributed by atoms with Crippen LogP contribution in [0.25, 0.3) is 0 Å². The van der Waals surface area contributed by atoms with Crippen LogP contribution in [0.3, 0.4) is 0 Å². The summed E-state index contributed by atoms with van der Waals surface area (Å²) in [7, 11) is 1.63. The van der Waals surface area contributed by atoms with Gasteiger partial charge in [-0.25, -0.2) is 0 Å². The first kappa shape index (κ1) is 11.7. The van der Waals surface area contributed by atoms with E-state index < -0.39 is 0 Å². The highest BCUT2D eigenvalue weighted by Crippen LogP contribution is 2.27. The van der Waals surface area contributed by atoms with Crippen LogP contribution in [0.15, 0.2) is 53.5 Å². The Kier molecular flexibility index (Phi) is 2.88. The minimum Gasteiger partial charge on any atom is -0.497 e. The van der Waals surface area contributed by atoms with Gasteiger partial charge in [0.05, 0.1) is 24.9 Å². The molecule has 0 unspecified atom stereocenters. The van der Waals surface area contributed by atoms with E-state index in [4.69, 9.17) is 4.74 Å². The zero-order valence-corrected chi connectivity index (χ0v) is 10.6. The summed E-state index contributed by atoms with van der Waals surface area (Å²) in [4.78, 5) is 16.7. The third-order valence-corrected chi connectivity index (χ3v) is 3.21. The summed E-state index contributed by atoms with van der Waals surface area (Å²) in [6.07, 6.45) is 0.351. The second kappa shape index (κ2) is 4.69. The molecule has 3 rings (SSSR count). The smallest absolute Gasteiger partial charge is 0.171 e. The van der Waals surface area contributed by atoms with Crippen LogP contribution in [-0.2, 0) is 0 Å². The summed E-state index contributed by atoms with van der Waals surface area (Å²) >= 11 is 0. The molecule has 0 radical (unpaired) electrons. The Bertz CT molecular complexity index is 657. The van der Waals surface area contributed by atoms with Gasteiger partial charge >= 0.3 is 0 Å². The van der Waals surface area contributed by atoms with E-state index in [2.05, 4.69) is 4.99 Å². The van der Waals surface area contributed by atoms with Gasteiger partial charge in [0.25, 0.3) is 0 Å². The fourth-order valence-electron chi connectivity index (χ4n) is 2.19. The largest absolute Gasteiger partial charge is 0.497 e. The van der Waals surface area contributed by atoms with Crippen LogP contribution in [0, 0.1) is 0 Å². The van der Waals surface area contributed by atoms with Gasteiger partial charge in [-0.3, -0.25) is 9.79 Å². The molecule has 0 saturated carbocycles. The molecule has 0 saturated heterocycles. The first-order valence-electron chi connectivity index (χ1n) is 6.12. The standard InChI is InChI=1S/C16H13NO2/c1-19-12-8-6-11(7-9-12)15-10-16(18)13-4-2-3-5-14(13)17-15/h2-9H,10H2,1H3. The Balaban J connectivity index is 2.02. The number of ketones is 1. The third-order valence-electron chi connectivity index (χ3n) is 3.21. The average molecular weight is 251 g/mol. The van der Waals surface area contributed by atoms with Crippen molar-refractivity contribution in [2.75, 3.05) is 7.11 Å². The zero-order valence-electron chi connectivity index (χ0n) is 10.6. The molecule has 3 nitrogen and oxygen atoms in total. The van der Waals surface area contributed by atoms with Gasteiger partial charge in [-0.15, -0.1) is 0 Å². The molecule has 0 aliphatic carbocycles. The number of Topliss-reactive ketones (excluding diaryl/α,β-unsaturated/α-hetero) is 1. The molecule has 0 amide bonds. The molecule has 0 spiro atoms. The lowest BCUT2D eigenvalue weighted by Gasteiger charge is -2.14. The lowest BCUT2D eigenvalue weighted by molar-refractivity contribution is 0.1000. The van der Waals surface area contributed by atoms with Crippen LogP contribution in [0.2, 0.25) is 0 Å². The molecule has 1 aliphatic rings. The molecule has 19 heavy (non-hydrogen) atoms. The van der Waals surface area contributed by atoms with Gasteiger partial charge in [0.2, 0.25) is 0 Å². The fourth-order valence-corrected chi connectivity index (χ4v) is 2.19. The van der Waals surface area contributed by atoms with E-state index >= 15 is 0 Å². The van der Waals surface area contributed by atoms with Crippen molar-refractivity contribution in [2.24, 2.45) is 4.99 Å². The summed E-state index contributed by atoms with van der Waals surface area (Å²) < 4.78 is 5.13. The first-order chi connectivity index (χ1) is 9.28. The SMILES string of the molecule is COc1ccc(C2=Nc3ccccc3C(=O)C2)cc1. The molecule has 0 bridgehead atoms. The number of carbonyl (C=O) groups is 1. The van der Waals surface area contributed by atoms with Crippen molar-refractivity contribution in [3.63, 3.8) is 0 Å². The summed E-state index contributed by atoms with van der Waals surface area (Å²) in [5, 5.41) is 0. The molecule has 0 N–H and O–H groups in total. The van der Waals surface area contributed by atoms with Gasteiger partial charge < -0.3 is 4.74 Å². The summed E-state index contributed by atoms with van der Waals surface area (Å²) in [5.41, 5.74) is 3.24. The van der Waals surface area contributed by atoms with Crippen molar-refractivity contribution in [3.8, 4) is 5.75 Å². The second-order valence-electron chi connectivity index (χ2n) is 4.40. The van der Waals surface area contributed by atoms with E-state index in [1.807, 2.05) is 48.5 Å². The fraction of sp³-hybridized carbons (Fsp3) is 0.125. The molecular formula is C16H13NO2. The third kappa shape index (κ3) is 2.15. The maximum atomic E-state index is 12.1. The maximum absolute atomic E-state index is 12.1. The van der Waals surface area contributed by atoms with E-state index in [9.17, 15) is 4.79 Å². The Morgan fingerprint density at radius 1 is 1.05 bits per heavy atom. The lowest BCUT2D eigenvalue weighted by Crippen LogP contribution is -2.14. The van der Waals surface area contributed by atoms with E-state index in [-0.39, 0.29) is 5.78 Å². The predicted octanol–water partition coefficient (Wildman–Crippen LogP) is 3.40. The molecular weight excluding hydrogens is 238 g/mol. The molecule has 0 atom stereocenters. The molecule has 1 heterocycles. The van der Waals surface area contributed by atoms with Crippen LogP contribution in [0.5, 0.6) is 5.75 Å². The summed E-state index contributed by atoms with van der Waals surface area (Å²) in [5.74, 6) is 0.920. The zero-order chi connectivity index (χ0) is 13.2. The normalized spacial score (nSPS) is 13.7. The van der Waals surface area contributed by atoms with E-state index in [0.29, 0.717) is 12.0 Å². The Morgan fingerprint density at radius 2 is 1.79 bits per heavy atom. The number of para-hydroxylation sites is 1. The van der Waals surface area contributed by atoms with Gasteiger partial charge in [0.15, 0.2) is 5.78 Å². The number of benzene rings is 2. The van der Waals surface area contributed by atoms with Crippen LogP contribution in [0.4, 0.5) is 5.69 Å². The quantitative estimate of drug-likeness (QED) is 0.820. The highest BCUT2D eigenvalue weighted by molar-refractivity contribution is 6.20. The van der Waals surface area contributed by atoms with Gasteiger partial charge in [0.1, 0.15) is 5.75 Å². The minimum absolute atomic E-state index is 0.122. The number of methoxy groups -OCH3 is 1. The molecule has 0 aromatic heterocycles. The number of hydrogen-bond donors (Lipinski definition) is 0. The number of carbonyl (C=O) groups excluding carboxylic acids is 1. The number of nitrogens with zero attached hydrogens (tertiary/aromatic N) is 1. The molecule has 0 fully saturated rings. The number of rotatable bonds is 2.